The Hall–Kier alpha value is -2.24. The van der Waals surface area contributed by atoms with Gasteiger partial charge in [0.05, 0.1) is 4.91 Å². The predicted molar refractivity (Wildman–Crippen MR) is 119 cm³/mol. The van der Waals surface area contributed by atoms with E-state index in [9.17, 15) is 4.79 Å². The van der Waals surface area contributed by atoms with E-state index in [-0.39, 0.29) is 5.91 Å². The summed E-state index contributed by atoms with van der Waals surface area (Å²) in [5.41, 5.74) is 3.47. The molecule has 4 nitrogen and oxygen atoms in total. The third-order valence-corrected chi connectivity index (χ3v) is 6.30. The minimum atomic E-state index is -0.142. The average molecular weight is 412 g/mol. The normalized spacial score (nSPS) is 18.7. The van der Waals surface area contributed by atoms with Crippen LogP contribution in [0.1, 0.15) is 18.1 Å². The Labute approximate surface area is 174 Å². The van der Waals surface area contributed by atoms with Gasteiger partial charge in [-0.2, -0.15) is 4.99 Å². The zero-order chi connectivity index (χ0) is 19.5. The lowest BCUT2D eigenvalue weighted by Gasteiger charge is -2.36. The minimum absolute atomic E-state index is 0.142. The quantitative estimate of drug-likeness (QED) is 0.686. The highest BCUT2D eigenvalue weighted by atomic mass is 35.5. The van der Waals surface area contributed by atoms with Gasteiger partial charge in [0.1, 0.15) is 0 Å². The van der Waals surface area contributed by atoms with Crippen molar-refractivity contribution in [3.05, 3.63) is 69.6 Å². The molecule has 2 aromatic rings. The molecule has 0 aromatic heterocycles. The number of carbonyl (C=O) groups excluding carboxylic acids is 1. The Bertz CT molecular complexity index is 931. The van der Waals surface area contributed by atoms with Crippen LogP contribution in [0.15, 0.2) is 58.4 Å². The van der Waals surface area contributed by atoms with Gasteiger partial charge in [0.2, 0.25) is 0 Å². The number of halogens is 1. The number of anilines is 1. The van der Waals surface area contributed by atoms with Crippen LogP contribution in [0.25, 0.3) is 6.08 Å². The number of nitrogens with zero attached hydrogens (tertiary/aromatic N) is 3. The highest BCUT2D eigenvalue weighted by Gasteiger charge is 2.28. The van der Waals surface area contributed by atoms with E-state index in [0.717, 1.165) is 54.0 Å². The molecule has 2 heterocycles. The van der Waals surface area contributed by atoms with E-state index >= 15 is 0 Å². The molecule has 2 aliphatic heterocycles. The molecule has 0 atom stereocenters. The molecule has 0 bridgehead atoms. The summed E-state index contributed by atoms with van der Waals surface area (Å²) in [5.74, 6) is -0.142. The van der Waals surface area contributed by atoms with E-state index in [0.29, 0.717) is 4.91 Å². The van der Waals surface area contributed by atoms with E-state index in [1.165, 1.54) is 17.3 Å². The first-order valence-corrected chi connectivity index (χ1v) is 10.7. The van der Waals surface area contributed by atoms with E-state index in [1.54, 1.807) is 0 Å². The number of hydrogen-bond acceptors (Lipinski definition) is 4. The molecule has 2 aliphatic rings. The van der Waals surface area contributed by atoms with Crippen molar-refractivity contribution >= 4 is 46.2 Å². The SMILES string of the molecule is CCc1ccc(/C=C2/SC(N3CCN(c4cccc(Cl)c4)CC3)=NC2=O)cc1. The van der Waals surface area contributed by atoms with E-state index in [2.05, 4.69) is 52.0 Å². The van der Waals surface area contributed by atoms with Crippen LogP contribution in [0.2, 0.25) is 5.02 Å². The molecule has 0 N–H and O–H groups in total. The summed E-state index contributed by atoms with van der Waals surface area (Å²) in [5, 5.41) is 1.56. The van der Waals surface area contributed by atoms with Crippen LogP contribution in [-0.2, 0) is 11.2 Å². The molecule has 6 heteroatoms. The molecule has 0 unspecified atom stereocenters. The van der Waals surface area contributed by atoms with Crippen molar-refractivity contribution in [1.29, 1.82) is 0 Å². The summed E-state index contributed by atoms with van der Waals surface area (Å²) >= 11 is 7.59. The molecule has 2 aromatic carbocycles. The summed E-state index contributed by atoms with van der Waals surface area (Å²) in [6.45, 7) is 5.57. The first-order chi connectivity index (χ1) is 13.6. The van der Waals surface area contributed by atoms with Gasteiger partial charge >= 0.3 is 0 Å². The van der Waals surface area contributed by atoms with Crippen LogP contribution in [0, 0.1) is 0 Å². The lowest BCUT2D eigenvalue weighted by molar-refractivity contribution is -0.113. The van der Waals surface area contributed by atoms with Gasteiger partial charge in [-0.15, -0.1) is 0 Å². The predicted octanol–water partition coefficient (Wildman–Crippen LogP) is 4.69. The van der Waals surface area contributed by atoms with E-state index in [4.69, 9.17) is 11.6 Å². The summed E-state index contributed by atoms with van der Waals surface area (Å²) in [4.78, 5) is 21.8. The molecular weight excluding hydrogens is 390 g/mol. The smallest absolute Gasteiger partial charge is 0.286 e. The molecule has 0 aliphatic carbocycles. The Balaban J connectivity index is 1.39. The van der Waals surface area contributed by atoms with Crippen LogP contribution in [-0.4, -0.2) is 42.2 Å². The molecule has 144 valence electrons. The number of rotatable bonds is 3. The summed E-state index contributed by atoms with van der Waals surface area (Å²) in [6, 6.07) is 16.3. The molecule has 1 amide bonds. The monoisotopic (exact) mass is 411 g/mol. The highest BCUT2D eigenvalue weighted by Crippen LogP contribution is 2.31. The maximum absolute atomic E-state index is 12.3. The van der Waals surface area contributed by atoms with Gasteiger partial charge in [0, 0.05) is 36.9 Å². The minimum Gasteiger partial charge on any atom is -0.368 e. The third kappa shape index (κ3) is 4.26. The Morgan fingerprint density at radius 2 is 1.79 bits per heavy atom. The van der Waals surface area contributed by atoms with Crippen LogP contribution in [0.5, 0.6) is 0 Å². The first kappa shape index (κ1) is 19.1. The van der Waals surface area contributed by atoms with Gasteiger partial charge in [-0.25, -0.2) is 0 Å². The van der Waals surface area contributed by atoms with Crippen molar-refractivity contribution in [3.8, 4) is 0 Å². The lowest BCUT2D eigenvalue weighted by atomic mass is 10.1. The number of carbonyl (C=O) groups is 1. The van der Waals surface area contributed by atoms with Crippen LogP contribution in [0.3, 0.4) is 0 Å². The first-order valence-electron chi connectivity index (χ1n) is 9.49. The van der Waals surface area contributed by atoms with Gasteiger partial charge in [-0.05, 0) is 53.6 Å². The molecular formula is C22H22ClN3OS. The van der Waals surface area contributed by atoms with Gasteiger partial charge in [-0.1, -0.05) is 48.9 Å². The summed E-state index contributed by atoms with van der Waals surface area (Å²) in [6.07, 6.45) is 2.95. The fourth-order valence-electron chi connectivity index (χ4n) is 3.36. The molecule has 1 saturated heterocycles. The van der Waals surface area contributed by atoms with Crippen LogP contribution < -0.4 is 4.90 Å². The Morgan fingerprint density at radius 3 is 2.46 bits per heavy atom. The average Bonchev–Trinajstić information content (AvgIpc) is 3.09. The largest absolute Gasteiger partial charge is 0.368 e. The third-order valence-electron chi connectivity index (χ3n) is 5.02. The highest BCUT2D eigenvalue weighted by molar-refractivity contribution is 8.18. The number of aliphatic imine (C=N–C) groups is 1. The number of amides is 1. The molecule has 28 heavy (non-hydrogen) atoms. The Morgan fingerprint density at radius 1 is 1.07 bits per heavy atom. The Kier molecular flexibility index (Phi) is 5.74. The fraction of sp³-hybridized carbons (Fsp3) is 0.273. The van der Waals surface area contributed by atoms with Crippen molar-refractivity contribution in [2.75, 3.05) is 31.1 Å². The second kappa shape index (κ2) is 8.41. The van der Waals surface area contributed by atoms with Crippen molar-refractivity contribution in [3.63, 3.8) is 0 Å². The molecule has 0 saturated carbocycles. The van der Waals surface area contributed by atoms with Crippen LogP contribution in [0.4, 0.5) is 5.69 Å². The summed E-state index contributed by atoms with van der Waals surface area (Å²) < 4.78 is 0. The van der Waals surface area contributed by atoms with Gasteiger partial charge in [0.15, 0.2) is 5.17 Å². The maximum atomic E-state index is 12.3. The van der Waals surface area contributed by atoms with Gasteiger partial charge in [-0.3, -0.25) is 4.79 Å². The van der Waals surface area contributed by atoms with Crippen molar-refractivity contribution in [2.45, 2.75) is 13.3 Å². The second-order valence-corrected chi connectivity index (χ2v) is 8.30. The summed E-state index contributed by atoms with van der Waals surface area (Å²) in [7, 11) is 0. The number of piperazine rings is 1. The van der Waals surface area contributed by atoms with Crippen LogP contribution >= 0.6 is 23.4 Å². The molecule has 0 radical (unpaired) electrons. The maximum Gasteiger partial charge on any atom is 0.286 e. The zero-order valence-corrected chi connectivity index (χ0v) is 17.3. The van der Waals surface area contributed by atoms with Crippen molar-refractivity contribution in [2.24, 2.45) is 4.99 Å². The van der Waals surface area contributed by atoms with E-state index < -0.39 is 0 Å². The van der Waals surface area contributed by atoms with Gasteiger partial charge < -0.3 is 9.80 Å². The lowest BCUT2D eigenvalue weighted by Crippen LogP contribution is -2.47. The van der Waals surface area contributed by atoms with Crippen molar-refractivity contribution < 1.29 is 4.79 Å². The fourth-order valence-corrected chi connectivity index (χ4v) is 4.51. The topological polar surface area (TPSA) is 35.9 Å². The number of aryl methyl sites for hydroxylation is 1. The van der Waals surface area contributed by atoms with Crippen molar-refractivity contribution in [1.82, 2.24) is 4.90 Å². The zero-order valence-electron chi connectivity index (χ0n) is 15.8. The number of amidine groups is 1. The molecule has 1 fully saturated rings. The van der Waals surface area contributed by atoms with E-state index in [1.807, 2.05) is 24.3 Å². The standard InChI is InChI=1S/C22H22ClN3OS/c1-2-16-6-8-17(9-7-16)14-20-21(27)24-22(28-20)26-12-10-25(11-13-26)19-5-3-4-18(23)15-19/h3-9,14-15H,2,10-13H2,1H3/b20-14+. The van der Waals surface area contributed by atoms with Gasteiger partial charge in [0.25, 0.3) is 5.91 Å². The second-order valence-electron chi connectivity index (χ2n) is 6.86. The number of thioether (sulfide) groups is 1. The molecule has 0 spiro atoms. The number of benzene rings is 2. The number of hydrogen-bond donors (Lipinski definition) is 0. The molecule has 4 rings (SSSR count).